The first kappa shape index (κ1) is 61.3. The van der Waals surface area contributed by atoms with E-state index in [-0.39, 0.29) is 5.46 Å². The van der Waals surface area contributed by atoms with Gasteiger partial charge < -0.3 is 14.8 Å². The van der Waals surface area contributed by atoms with Gasteiger partial charge >= 0.3 is 7.12 Å². The van der Waals surface area contributed by atoms with Crippen molar-refractivity contribution in [3.8, 4) is 61.4 Å². The van der Waals surface area contributed by atoms with Crippen molar-refractivity contribution in [1.82, 2.24) is 0 Å². The number of carbonyl (C=O) groups is 1. The molecule has 486 valence electrons. The minimum Gasteiger partial charge on any atom is -0.496 e. The predicted octanol–water partition coefficient (Wildman–Crippen LogP) is 25.6. The van der Waals surface area contributed by atoms with Crippen LogP contribution in [0.1, 0.15) is 10.4 Å². The quantitative estimate of drug-likeness (QED) is 0.0904. The summed E-state index contributed by atoms with van der Waals surface area (Å²) in [5.74, 6) is 0.883. The summed E-state index contributed by atoms with van der Waals surface area (Å²) in [5.41, 5.74) is 13.1. The molecule has 22 aromatic carbocycles. The molecule has 0 amide bonds. The topological polar surface area (TPSA) is 66.8 Å². The molecular weight excluding hydrogens is 1330 g/mol. The van der Waals surface area contributed by atoms with Crippen LogP contribution in [0.25, 0.3) is 206 Å². The van der Waals surface area contributed by atoms with Crippen LogP contribution in [-0.4, -0.2) is 30.6 Å². The second kappa shape index (κ2) is 24.3. The van der Waals surface area contributed by atoms with E-state index in [4.69, 9.17) is 14.8 Å². The Hall–Kier alpha value is -12.5. The van der Waals surface area contributed by atoms with Gasteiger partial charge in [0, 0.05) is 15.6 Å². The van der Waals surface area contributed by atoms with Crippen molar-refractivity contribution in [3.63, 3.8) is 0 Å². The van der Waals surface area contributed by atoms with Crippen molar-refractivity contribution < 1.29 is 19.6 Å². The van der Waals surface area contributed by atoms with Gasteiger partial charge in [0.2, 0.25) is 0 Å². The van der Waals surface area contributed by atoms with Crippen molar-refractivity contribution in [2.45, 2.75) is 0 Å². The SMILES string of the molecule is Brc1ccc2c3c(-c4ccccc4)c4c(cc5c6ccccc6c6cccc4c65)c(-c4ccccc4)c3c3cccc1c32.COc1ccccc1-c1ccc2c3c(-c4ccccc4)c4c(cc5c6ccccc6c6cccc4c65)c(-c4ccccc4)c3c3cccc1c32.O=Cc1ccccc1B(O)O. The molecule has 0 aliphatic heterocycles. The van der Waals surface area contributed by atoms with Crippen molar-refractivity contribution in [2.75, 3.05) is 7.11 Å². The second-order valence-corrected chi connectivity index (χ2v) is 28.1. The third kappa shape index (κ3) is 9.09. The number of methoxy groups -OCH3 is 1. The fraction of sp³-hybridized carbons (Fsp3) is 0.0102. The van der Waals surface area contributed by atoms with Crippen LogP contribution in [0.5, 0.6) is 5.75 Å². The third-order valence-corrected chi connectivity index (χ3v) is 22.7. The van der Waals surface area contributed by atoms with E-state index in [2.05, 4.69) is 313 Å². The van der Waals surface area contributed by atoms with Crippen molar-refractivity contribution >= 4 is 186 Å². The number of benzene rings is 18. The highest BCUT2D eigenvalue weighted by molar-refractivity contribution is 9.10. The van der Waals surface area contributed by atoms with E-state index < -0.39 is 7.12 Å². The van der Waals surface area contributed by atoms with Crippen LogP contribution in [0.2, 0.25) is 0 Å². The number of fused-ring (bicyclic) bond motifs is 16. The number of carbonyl (C=O) groups excluding carboxylic acids is 1. The molecule has 0 fully saturated rings. The molecule has 22 rings (SSSR count). The van der Waals surface area contributed by atoms with Crippen molar-refractivity contribution in [2.24, 2.45) is 0 Å². The Bertz CT molecular complexity index is 7180. The summed E-state index contributed by atoms with van der Waals surface area (Å²) in [5, 5.41) is 54.3. The number of para-hydroxylation sites is 1. The zero-order valence-corrected chi connectivity index (χ0v) is 58.0. The van der Waals surface area contributed by atoms with E-state index in [1.54, 1.807) is 19.2 Å². The van der Waals surface area contributed by atoms with E-state index in [1.165, 1.54) is 213 Å². The van der Waals surface area contributed by atoms with Crippen molar-refractivity contribution in [1.29, 1.82) is 0 Å². The molecule has 0 radical (unpaired) electrons. The van der Waals surface area contributed by atoms with Gasteiger partial charge in [-0.2, -0.15) is 0 Å². The molecule has 0 saturated carbocycles. The zero-order chi connectivity index (χ0) is 69.4. The van der Waals surface area contributed by atoms with Crippen LogP contribution in [-0.2, 0) is 0 Å². The highest BCUT2D eigenvalue weighted by Crippen LogP contribution is 2.58. The Labute approximate surface area is 607 Å². The Kier molecular flexibility index (Phi) is 14.4. The maximum Gasteiger partial charge on any atom is 0.489 e. The van der Waals surface area contributed by atoms with E-state index in [9.17, 15) is 4.79 Å². The number of ether oxygens (including phenoxy) is 1. The van der Waals surface area contributed by atoms with Crippen LogP contribution in [0.3, 0.4) is 0 Å². The first-order chi connectivity index (χ1) is 51.4. The van der Waals surface area contributed by atoms with E-state index in [0.29, 0.717) is 11.8 Å². The molecule has 0 aromatic heterocycles. The molecular formula is C98H60BBrO4. The van der Waals surface area contributed by atoms with E-state index in [1.807, 2.05) is 6.07 Å². The van der Waals surface area contributed by atoms with Crippen molar-refractivity contribution in [3.05, 3.63) is 338 Å². The summed E-state index contributed by atoms with van der Waals surface area (Å²) in [6.45, 7) is 0. The summed E-state index contributed by atoms with van der Waals surface area (Å²) in [6, 6.07) is 118. The average Bonchev–Trinajstić information content (AvgIpc) is 1.50. The fourth-order valence-electron chi connectivity index (χ4n) is 17.9. The fourth-order valence-corrected chi connectivity index (χ4v) is 18.4. The van der Waals surface area contributed by atoms with Gasteiger partial charge in [0.05, 0.1) is 7.11 Å². The molecule has 0 aliphatic carbocycles. The highest BCUT2D eigenvalue weighted by atomic mass is 79.9. The molecule has 4 nitrogen and oxygen atoms in total. The summed E-state index contributed by atoms with van der Waals surface area (Å²) < 4.78 is 7.02. The molecule has 0 heterocycles. The molecule has 0 bridgehead atoms. The lowest BCUT2D eigenvalue weighted by Gasteiger charge is -2.19. The average molecular weight is 1390 g/mol. The minimum absolute atomic E-state index is 0.238. The molecule has 0 unspecified atom stereocenters. The Balaban J connectivity index is 0.000000122. The van der Waals surface area contributed by atoms with E-state index >= 15 is 0 Å². The van der Waals surface area contributed by atoms with Gasteiger partial charge in [-0.25, -0.2) is 0 Å². The van der Waals surface area contributed by atoms with Gasteiger partial charge in [-0.15, -0.1) is 0 Å². The summed E-state index contributed by atoms with van der Waals surface area (Å²) >= 11 is 3.88. The lowest BCUT2D eigenvalue weighted by Crippen LogP contribution is -2.32. The van der Waals surface area contributed by atoms with Crippen LogP contribution < -0.4 is 10.2 Å². The maximum atomic E-state index is 10.3. The van der Waals surface area contributed by atoms with Gasteiger partial charge in [0.25, 0.3) is 0 Å². The van der Waals surface area contributed by atoms with Gasteiger partial charge in [-0.1, -0.05) is 319 Å². The first-order valence-electron chi connectivity index (χ1n) is 35.3. The van der Waals surface area contributed by atoms with Crippen LogP contribution in [0.4, 0.5) is 0 Å². The molecule has 2 N–H and O–H groups in total. The normalized spacial score (nSPS) is 11.9. The monoisotopic (exact) mass is 1390 g/mol. The van der Waals surface area contributed by atoms with Gasteiger partial charge in [0.15, 0.2) is 0 Å². The van der Waals surface area contributed by atoms with E-state index in [0.717, 1.165) is 15.8 Å². The molecule has 6 heteroatoms. The Morgan fingerprint density at radius 3 is 1.07 bits per heavy atom. The summed E-state index contributed by atoms with van der Waals surface area (Å²) in [7, 11) is 0.187. The van der Waals surface area contributed by atoms with Crippen LogP contribution in [0, 0.1) is 0 Å². The number of halogens is 1. The summed E-state index contributed by atoms with van der Waals surface area (Å²) in [6.07, 6.45) is 0.592. The number of rotatable bonds is 8. The largest absolute Gasteiger partial charge is 0.496 e. The number of hydrogen-bond acceptors (Lipinski definition) is 4. The maximum absolute atomic E-state index is 10.3. The lowest BCUT2D eigenvalue weighted by molar-refractivity contribution is 0.112. The predicted molar refractivity (Wildman–Crippen MR) is 446 cm³/mol. The third-order valence-electron chi connectivity index (χ3n) is 22.0. The summed E-state index contributed by atoms with van der Waals surface area (Å²) in [4.78, 5) is 10.3. The van der Waals surface area contributed by atoms with Gasteiger partial charge in [-0.3, -0.25) is 4.79 Å². The first-order valence-corrected chi connectivity index (χ1v) is 36.1. The van der Waals surface area contributed by atoms with Gasteiger partial charge in [0.1, 0.15) is 12.0 Å². The van der Waals surface area contributed by atoms with Crippen LogP contribution in [0.15, 0.2) is 332 Å². The van der Waals surface area contributed by atoms with Crippen LogP contribution >= 0.6 is 15.9 Å². The molecule has 0 saturated heterocycles. The number of aldehydes is 1. The minimum atomic E-state index is -1.57. The molecule has 0 spiro atoms. The highest BCUT2D eigenvalue weighted by Gasteiger charge is 2.30. The number of hydrogen-bond donors (Lipinski definition) is 2. The lowest BCUT2D eigenvalue weighted by atomic mass is 9.77. The zero-order valence-electron chi connectivity index (χ0n) is 56.4. The Morgan fingerprint density at radius 2 is 0.606 bits per heavy atom. The second-order valence-electron chi connectivity index (χ2n) is 27.2. The smallest absolute Gasteiger partial charge is 0.489 e. The molecule has 0 atom stereocenters. The van der Waals surface area contributed by atoms with Gasteiger partial charge in [-0.05, 0) is 231 Å². The standard InChI is InChI=1S/C49H30O.C42H23Br.C7H7BO3/c1-50-42-25-11-10-20-34(42)33-26-27-39-45-36(33)22-13-24-38(45)48-43(29-14-4-2-5-15-29)41-28-40-32-19-9-8-18-31(32)35-21-12-23-37(46(35)40)47(41)44(49(39)48)30-16-6-3-7-17-30;43-35-22-21-32-39-29(35)18-10-20-31(39)41-36(24-11-3-1-4-12-24)34-23-33-27-16-8-7-15-26(27)28-17-9-19-30(38(28)33)40(34)37(42(32)41)25-13-5-2-6-14-25;9-5-6-3-1-2-4-7(6)8(10)11/h2-28H,1H3;1-23H;1-5,10-11H. The molecule has 104 heavy (non-hydrogen) atoms. The molecule has 0 aliphatic rings. The molecule has 22 aromatic rings. The Morgan fingerprint density at radius 1 is 0.269 bits per heavy atom.